The standard InChI is InChI=1S/C24H34N4O5/c1-5-16(4)20-23(31)28(24(32)25-20)26-21(29)19(14-15(2)3)18(22(30)27-33)13-9-12-17-10-7-6-8-11-17/h6-12,15-16,18-20,33H,5,13-14H2,1-4H3,(H,25,32)(H,26,29)(H,27,30)/b12-9-/t16-,18+,19?,20?/m0/s1. The smallest absolute Gasteiger partial charge is 0.324 e. The number of amides is 5. The first-order chi connectivity index (χ1) is 15.7. The van der Waals surface area contributed by atoms with E-state index in [1.54, 1.807) is 11.6 Å². The van der Waals surface area contributed by atoms with Gasteiger partial charge < -0.3 is 5.32 Å². The Morgan fingerprint density at radius 2 is 1.79 bits per heavy atom. The summed E-state index contributed by atoms with van der Waals surface area (Å²) in [6, 6.07) is 8.06. The number of imide groups is 1. The van der Waals surface area contributed by atoms with Crippen LogP contribution in [-0.2, 0) is 14.4 Å². The molecule has 4 N–H and O–H groups in total. The van der Waals surface area contributed by atoms with Gasteiger partial charge in [-0.15, -0.1) is 0 Å². The van der Waals surface area contributed by atoms with Gasteiger partial charge >= 0.3 is 6.03 Å². The van der Waals surface area contributed by atoms with Gasteiger partial charge in [-0.2, -0.15) is 5.01 Å². The van der Waals surface area contributed by atoms with Crippen LogP contribution < -0.4 is 16.2 Å². The van der Waals surface area contributed by atoms with E-state index in [1.165, 1.54) is 0 Å². The predicted molar refractivity (Wildman–Crippen MR) is 123 cm³/mol. The highest BCUT2D eigenvalue weighted by Crippen LogP contribution is 2.26. The maximum atomic E-state index is 13.2. The summed E-state index contributed by atoms with van der Waals surface area (Å²) >= 11 is 0. The lowest BCUT2D eigenvalue weighted by Crippen LogP contribution is -2.51. The van der Waals surface area contributed by atoms with E-state index in [0.717, 1.165) is 5.56 Å². The minimum atomic E-state index is -0.900. The van der Waals surface area contributed by atoms with Crippen molar-refractivity contribution in [2.24, 2.45) is 23.7 Å². The number of carbonyl (C=O) groups excluding carboxylic acids is 4. The molecule has 9 nitrogen and oxygen atoms in total. The number of hydrogen-bond donors (Lipinski definition) is 4. The number of nitrogens with zero attached hydrogens (tertiary/aromatic N) is 1. The van der Waals surface area contributed by atoms with E-state index >= 15 is 0 Å². The van der Waals surface area contributed by atoms with Crippen molar-refractivity contribution in [3.63, 3.8) is 0 Å². The van der Waals surface area contributed by atoms with Crippen molar-refractivity contribution in [2.45, 2.75) is 53.0 Å². The second-order valence-corrected chi connectivity index (χ2v) is 8.83. The molecule has 2 unspecified atom stereocenters. The molecule has 4 atom stereocenters. The van der Waals surface area contributed by atoms with Crippen LogP contribution in [0, 0.1) is 23.7 Å². The molecule has 0 saturated carbocycles. The van der Waals surface area contributed by atoms with Crippen LogP contribution in [0.4, 0.5) is 4.79 Å². The number of urea groups is 1. The number of benzene rings is 1. The van der Waals surface area contributed by atoms with Crippen LogP contribution in [0.25, 0.3) is 6.08 Å². The van der Waals surface area contributed by atoms with E-state index in [0.29, 0.717) is 17.9 Å². The van der Waals surface area contributed by atoms with Crippen LogP contribution in [-0.4, -0.2) is 40.0 Å². The van der Waals surface area contributed by atoms with Gasteiger partial charge in [-0.1, -0.05) is 76.6 Å². The number of hydrazine groups is 1. The normalized spacial score (nSPS) is 18.8. The third-order valence-electron chi connectivity index (χ3n) is 5.90. The van der Waals surface area contributed by atoms with Crippen molar-refractivity contribution in [1.29, 1.82) is 0 Å². The summed E-state index contributed by atoms with van der Waals surface area (Å²) < 4.78 is 0. The van der Waals surface area contributed by atoms with E-state index in [9.17, 15) is 24.4 Å². The third kappa shape index (κ3) is 6.89. The van der Waals surface area contributed by atoms with Crippen molar-refractivity contribution >= 4 is 29.8 Å². The van der Waals surface area contributed by atoms with Crippen LogP contribution in [0.1, 0.15) is 52.5 Å². The first-order valence-corrected chi connectivity index (χ1v) is 11.3. The summed E-state index contributed by atoms with van der Waals surface area (Å²) in [5.41, 5.74) is 4.99. The average molecular weight is 459 g/mol. The van der Waals surface area contributed by atoms with Crippen molar-refractivity contribution in [3.05, 3.63) is 42.0 Å². The minimum absolute atomic E-state index is 0.0452. The molecule has 0 spiro atoms. The third-order valence-corrected chi connectivity index (χ3v) is 5.90. The predicted octanol–water partition coefficient (Wildman–Crippen LogP) is 2.87. The zero-order valence-electron chi connectivity index (χ0n) is 19.6. The molecule has 0 radical (unpaired) electrons. The van der Waals surface area contributed by atoms with Gasteiger partial charge in [-0.3, -0.25) is 25.0 Å². The van der Waals surface area contributed by atoms with Crippen molar-refractivity contribution in [3.8, 4) is 0 Å². The summed E-state index contributed by atoms with van der Waals surface area (Å²) in [5, 5.41) is 12.6. The minimum Gasteiger partial charge on any atom is -0.324 e. The maximum Gasteiger partial charge on any atom is 0.344 e. The molecule has 1 aromatic carbocycles. The Morgan fingerprint density at radius 3 is 2.36 bits per heavy atom. The monoisotopic (exact) mass is 458 g/mol. The molecule has 0 aliphatic carbocycles. The molecule has 33 heavy (non-hydrogen) atoms. The maximum absolute atomic E-state index is 13.2. The Bertz CT molecular complexity index is 871. The summed E-state index contributed by atoms with van der Waals surface area (Å²) in [5.74, 6) is -3.68. The van der Waals surface area contributed by atoms with Gasteiger partial charge in [0.25, 0.3) is 5.91 Å². The van der Waals surface area contributed by atoms with Gasteiger partial charge in [-0.05, 0) is 30.2 Å². The highest BCUT2D eigenvalue weighted by Gasteiger charge is 2.43. The van der Waals surface area contributed by atoms with Crippen LogP contribution >= 0.6 is 0 Å². The van der Waals surface area contributed by atoms with E-state index in [2.05, 4.69) is 10.7 Å². The van der Waals surface area contributed by atoms with Gasteiger partial charge in [0.05, 0.1) is 11.8 Å². The van der Waals surface area contributed by atoms with Crippen LogP contribution in [0.15, 0.2) is 36.4 Å². The number of hydroxylamine groups is 1. The average Bonchev–Trinajstić information content (AvgIpc) is 3.08. The number of nitrogens with one attached hydrogen (secondary N) is 3. The Balaban J connectivity index is 2.22. The Hall–Kier alpha value is -3.20. The largest absolute Gasteiger partial charge is 0.344 e. The number of carbonyl (C=O) groups is 4. The Morgan fingerprint density at radius 1 is 1.12 bits per heavy atom. The molecule has 9 heteroatoms. The van der Waals surface area contributed by atoms with Crippen LogP contribution in [0.3, 0.4) is 0 Å². The van der Waals surface area contributed by atoms with Gasteiger partial charge in [0, 0.05) is 0 Å². The first kappa shape index (κ1) is 26.1. The lowest BCUT2D eigenvalue weighted by atomic mass is 9.82. The van der Waals surface area contributed by atoms with Gasteiger partial charge in [0.2, 0.25) is 11.8 Å². The fraction of sp³-hybridized carbons (Fsp3) is 0.500. The second-order valence-electron chi connectivity index (χ2n) is 8.83. The summed E-state index contributed by atoms with van der Waals surface area (Å²) in [4.78, 5) is 50.7. The highest BCUT2D eigenvalue weighted by molar-refractivity contribution is 6.05. The molecule has 1 aliphatic rings. The molecule has 1 aliphatic heterocycles. The van der Waals surface area contributed by atoms with Crippen LogP contribution in [0.5, 0.6) is 0 Å². The fourth-order valence-electron chi connectivity index (χ4n) is 3.83. The molecule has 1 aromatic rings. The number of hydrogen-bond acceptors (Lipinski definition) is 5. The molecule has 180 valence electrons. The topological polar surface area (TPSA) is 128 Å². The van der Waals surface area contributed by atoms with Crippen molar-refractivity contribution < 1.29 is 24.4 Å². The van der Waals surface area contributed by atoms with Crippen molar-refractivity contribution in [1.82, 2.24) is 21.2 Å². The second kappa shape index (κ2) is 12.2. The van der Waals surface area contributed by atoms with Gasteiger partial charge in [0.1, 0.15) is 6.04 Å². The molecule has 5 amide bonds. The van der Waals surface area contributed by atoms with E-state index in [-0.39, 0.29) is 18.3 Å². The molecular weight excluding hydrogens is 424 g/mol. The van der Waals surface area contributed by atoms with E-state index in [4.69, 9.17) is 0 Å². The summed E-state index contributed by atoms with van der Waals surface area (Å²) in [6.07, 6.45) is 4.78. The molecular formula is C24H34N4O5. The van der Waals surface area contributed by atoms with E-state index < -0.39 is 41.6 Å². The van der Waals surface area contributed by atoms with Gasteiger partial charge in [-0.25, -0.2) is 10.3 Å². The quantitative estimate of drug-likeness (QED) is 0.230. The molecule has 1 fully saturated rings. The SMILES string of the molecule is CC[C@H](C)C1NC(=O)N(NC(=O)C(CC(C)C)[C@@H](C/C=C\c2ccccc2)C(=O)NO)C1=O. The fourth-order valence-corrected chi connectivity index (χ4v) is 3.83. The molecule has 1 saturated heterocycles. The number of rotatable bonds is 11. The lowest BCUT2D eigenvalue weighted by molar-refractivity contribution is -0.144. The summed E-state index contributed by atoms with van der Waals surface area (Å²) in [6.45, 7) is 7.56. The number of allylic oxidation sites excluding steroid dienone is 1. The zero-order chi connectivity index (χ0) is 24.5. The Kier molecular flexibility index (Phi) is 9.59. The lowest BCUT2D eigenvalue weighted by Gasteiger charge is -2.27. The Labute approximate surface area is 194 Å². The van der Waals surface area contributed by atoms with Crippen LogP contribution in [0.2, 0.25) is 0 Å². The molecule has 2 rings (SSSR count). The molecule has 0 bridgehead atoms. The van der Waals surface area contributed by atoms with Gasteiger partial charge in [0.15, 0.2) is 0 Å². The first-order valence-electron chi connectivity index (χ1n) is 11.3. The van der Waals surface area contributed by atoms with Crippen molar-refractivity contribution in [2.75, 3.05) is 0 Å². The van der Waals surface area contributed by atoms with E-state index in [1.807, 2.05) is 64.1 Å². The highest BCUT2D eigenvalue weighted by atomic mass is 16.5. The molecule has 1 heterocycles. The zero-order valence-corrected chi connectivity index (χ0v) is 19.6. The molecule has 0 aromatic heterocycles. The summed E-state index contributed by atoms with van der Waals surface area (Å²) in [7, 11) is 0.